The molecule has 0 unspecified atom stereocenters. The smallest absolute Gasteiger partial charge is 0.407 e. The standard InChI is InChI=1S/C20H31N3O3/c1-20(2,3)26-19(25)22-17(13-15-9-5-4-6-10-15)18(24)14-21-23-16-11-7-8-12-16/h4-6,9-10,17-18,21,24H,7-8,11-14H2,1-3H3,(H,22,25)/t17-,18-/m0/s1. The van der Waals surface area contributed by atoms with Crippen LogP contribution in [0.3, 0.4) is 0 Å². The third kappa shape index (κ3) is 7.44. The Kier molecular flexibility index (Phi) is 7.45. The van der Waals surface area contributed by atoms with Gasteiger partial charge in [-0.1, -0.05) is 30.3 Å². The number of alkyl carbamates (subject to hydrolysis) is 1. The van der Waals surface area contributed by atoms with Crippen molar-refractivity contribution in [3.63, 3.8) is 0 Å². The lowest BCUT2D eigenvalue weighted by atomic mass is 10.0. The van der Waals surface area contributed by atoms with E-state index in [2.05, 4.69) is 15.8 Å². The van der Waals surface area contributed by atoms with Crippen molar-refractivity contribution < 1.29 is 14.6 Å². The zero-order valence-corrected chi connectivity index (χ0v) is 16.0. The number of ether oxygens (including phenoxy) is 1. The number of benzene rings is 1. The molecule has 1 aromatic rings. The second kappa shape index (κ2) is 9.57. The van der Waals surface area contributed by atoms with E-state index in [-0.39, 0.29) is 6.54 Å². The molecule has 0 saturated heterocycles. The van der Waals surface area contributed by atoms with Crippen molar-refractivity contribution in [1.29, 1.82) is 0 Å². The maximum Gasteiger partial charge on any atom is 0.407 e. The molecule has 1 amide bonds. The zero-order chi connectivity index (χ0) is 19.0. The molecule has 1 aromatic carbocycles. The molecule has 1 saturated carbocycles. The van der Waals surface area contributed by atoms with Crippen molar-refractivity contribution in [3.05, 3.63) is 35.9 Å². The highest BCUT2D eigenvalue weighted by atomic mass is 16.6. The van der Waals surface area contributed by atoms with E-state index in [0.29, 0.717) is 6.42 Å². The Hall–Kier alpha value is -2.08. The van der Waals surface area contributed by atoms with Gasteiger partial charge in [0, 0.05) is 5.71 Å². The van der Waals surface area contributed by atoms with E-state index in [9.17, 15) is 9.90 Å². The van der Waals surface area contributed by atoms with Crippen molar-refractivity contribution in [1.82, 2.24) is 10.7 Å². The summed E-state index contributed by atoms with van der Waals surface area (Å²) in [6.45, 7) is 5.72. The van der Waals surface area contributed by atoms with Crippen molar-refractivity contribution >= 4 is 11.8 Å². The maximum atomic E-state index is 12.2. The van der Waals surface area contributed by atoms with Crippen molar-refractivity contribution in [3.8, 4) is 0 Å². The van der Waals surface area contributed by atoms with Crippen LogP contribution in [-0.4, -0.2) is 41.2 Å². The lowest BCUT2D eigenvalue weighted by molar-refractivity contribution is 0.0423. The summed E-state index contributed by atoms with van der Waals surface area (Å²) in [4.78, 5) is 12.2. The molecule has 0 radical (unpaired) electrons. The van der Waals surface area contributed by atoms with Crippen LogP contribution in [-0.2, 0) is 11.2 Å². The molecule has 6 heteroatoms. The molecule has 3 N–H and O–H groups in total. The summed E-state index contributed by atoms with van der Waals surface area (Å²) in [6.07, 6.45) is 3.60. The molecule has 1 aliphatic rings. The minimum atomic E-state index is -0.784. The Balaban J connectivity index is 1.96. The molecule has 0 bridgehead atoms. The predicted octanol–water partition coefficient (Wildman–Crippen LogP) is 3.00. The number of hydrogen-bond acceptors (Lipinski definition) is 5. The van der Waals surface area contributed by atoms with Gasteiger partial charge in [-0.25, -0.2) is 4.79 Å². The molecule has 1 aliphatic carbocycles. The van der Waals surface area contributed by atoms with Gasteiger partial charge in [0.1, 0.15) is 5.60 Å². The Bertz CT molecular complexity index is 588. The number of carbonyl (C=O) groups is 1. The van der Waals surface area contributed by atoms with Gasteiger partial charge < -0.3 is 20.6 Å². The first kappa shape index (κ1) is 20.2. The summed E-state index contributed by atoms with van der Waals surface area (Å²) in [5.41, 5.74) is 4.56. The fourth-order valence-electron chi connectivity index (χ4n) is 2.90. The van der Waals surface area contributed by atoms with Gasteiger partial charge in [0.05, 0.1) is 18.7 Å². The number of amides is 1. The molecule has 1 fully saturated rings. The van der Waals surface area contributed by atoms with Crippen molar-refractivity contribution in [2.24, 2.45) is 5.10 Å². The summed E-state index contributed by atoms with van der Waals surface area (Å²) < 4.78 is 5.33. The number of hydrogen-bond donors (Lipinski definition) is 3. The van der Waals surface area contributed by atoms with Gasteiger partial charge in [-0.3, -0.25) is 0 Å². The monoisotopic (exact) mass is 361 g/mol. The number of carbonyl (C=O) groups excluding carboxylic acids is 1. The van der Waals surface area contributed by atoms with Gasteiger partial charge in [0.15, 0.2) is 0 Å². The van der Waals surface area contributed by atoms with E-state index in [1.165, 1.54) is 12.8 Å². The fourth-order valence-corrected chi connectivity index (χ4v) is 2.90. The molecule has 0 aromatic heterocycles. The van der Waals surface area contributed by atoms with Crippen LogP contribution in [0.1, 0.15) is 52.0 Å². The number of aliphatic hydroxyl groups excluding tert-OH is 1. The fraction of sp³-hybridized carbons (Fsp3) is 0.600. The summed E-state index contributed by atoms with van der Waals surface area (Å²) >= 11 is 0. The predicted molar refractivity (Wildman–Crippen MR) is 103 cm³/mol. The second-order valence-corrected chi connectivity index (χ2v) is 7.76. The molecule has 26 heavy (non-hydrogen) atoms. The number of nitrogens with one attached hydrogen (secondary N) is 2. The van der Waals surface area contributed by atoms with Crippen LogP contribution in [0.5, 0.6) is 0 Å². The number of aliphatic hydroxyl groups is 1. The molecular weight excluding hydrogens is 330 g/mol. The van der Waals surface area contributed by atoms with E-state index in [4.69, 9.17) is 4.74 Å². The van der Waals surface area contributed by atoms with Gasteiger partial charge >= 0.3 is 6.09 Å². The Morgan fingerprint density at radius 2 is 1.88 bits per heavy atom. The molecule has 0 spiro atoms. The van der Waals surface area contributed by atoms with Gasteiger partial charge in [-0.05, 0) is 58.4 Å². The third-order valence-corrected chi connectivity index (χ3v) is 4.18. The molecule has 0 aliphatic heterocycles. The summed E-state index contributed by atoms with van der Waals surface area (Å²) in [5, 5.41) is 17.7. The Morgan fingerprint density at radius 3 is 2.50 bits per heavy atom. The highest BCUT2D eigenvalue weighted by Crippen LogP contribution is 2.14. The van der Waals surface area contributed by atoms with Crippen molar-refractivity contribution in [2.45, 2.75) is 70.6 Å². The average Bonchev–Trinajstić information content (AvgIpc) is 3.06. The number of nitrogens with zero attached hydrogens (tertiary/aromatic N) is 1. The molecule has 144 valence electrons. The molecule has 0 heterocycles. The van der Waals surface area contributed by atoms with Crippen LogP contribution in [0.4, 0.5) is 4.79 Å². The minimum Gasteiger partial charge on any atom is -0.444 e. The maximum absolute atomic E-state index is 12.2. The van der Waals surface area contributed by atoms with Crippen LogP contribution >= 0.6 is 0 Å². The quantitative estimate of drug-likeness (QED) is 0.652. The summed E-state index contributed by atoms with van der Waals surface area (Å²) in [7, 11) is 0. The van der Waals surface area contributed by atoms with Crippen LogP contribution < -0.4 is 10.7 Å². The lowest BCUT2D eigenvalue weighted by Gasteiger charge is -2.26. The van der Waals surface area contributed by atoms with Crippen LogP contribution in [0.15, 0.2) is 35.4 Å². The third-order valence-electron chi connectivity index (χ3n) is 4.18. The first-order chi connectivity index (χ1) is 12.3. The van der Waals surface area contributed by atoms with Crippen LogP contribution in [0, 0.1) is 0 Å². The molecule has 2 atom stereocenters. The van der Waals surface area contributed by atoms with E-state index < -0.39 is 23.8 Å². The average molecular weight is 361 g/mol. The van der Waals surface area contributed by atoms with Gasteiger partial charge in [-0.2, -0.15) is 5.10 Å². The van der Waals surface area contributed by atoms with Crippen LogP contribution in [0.2, 0.25) is 0 Å². The first-order valence-corrected chi connectivity index (χ1v) is 9.33. The zero-order valence-electron chi connectivity index (χ0n) is 16.0. The van der Waals surface area contributed by atoms with Gasteiger partial charge in [0.2, 0.25) is 0 Å². The highest BCUT2D eigenvalue weighted by molar-refractivity contribution is 5.85. The Morgan fingerprint density at radius 1 is 1.23 bits per heavy atom. The second-order valence-electron chi connectivity index (χ2n) is 7.76. The number of hydrazone groups is 1. The summed E-state index contributed by atoms with van der Waals surface area (Å²) in [5.74, 6) is 0. The number of rotatable bonds is 7. The van der Waals surface area contributed by atoms with E-state index >= 15 is 0 Å². The van der Waals surface area contributed by atoms with E-state index in [1.807, 2.05) is 51.1 Å². The molecule has 6 nitrogen and oxygen atoms in total. The lowest BCUT2D eigenvalue weighted by Crippen LogP contribution is -2.49. The van der Waals surface area contributed by atoms with Crippen LogP contribution in [0.25, 0.3) is 0 Å². The van der Waals surface area contributed by atoms with E-state index in [0.717, 1.165) is 24.1 Å². The van der Waals surface area contributed by atoms with Gasteiger partial charge in [0.25, 0.3) is 0 Å². The van der Waals surface area contributed by atoms with Gasteiger partial charge in [-0.15, -0.1) is 0 Å². The minimum absolute atomic E-state index is 0.275. The largest absolute Gasteiger partial charge is 0.444 e. The first-order valence-electron chi connectivity index (χ1n) is 9.33. The molecule has 2 rings (SSSR count). The topological polar surface area (TPSA) is 83.0 Å². The highest BCUT2D eigenvalue weighted by Gasteiger charge is 2.25. The summed E-state index contributed by atoms with van der Waals surface area (Å²) in [6, 6.07) is 9.30. The SMILES string of the molecule is CC(C)(C)OC(=O)N[C@@H](Cc1ccccc1)[C@@H](O)CNN=C1CCCC1. The normalized spacial score (nSPS) is 16.7. The Labute approximate surface area is 156 Å². The van der Waals surface area contributed by atoms with E-state index in [1.54, 1.807) is 0 Å². The molecular formula is C20H31N3O3. The van der Waals surface area contributed by atoms with Crippen molar-refractivity contribution in [2.75, 3.05) is 6.54 Å².